The molecule has 25 heavy (non-hydrogen) atoms. The van der Waals surface area contributed by atoms with Gasteiger partial charge in [0.15, 0.2) is 0 Å². The minimum atomic E-state index is -0.982. The molecule has 0 spiro atoms. The summed E-state index contributed by atoms with van der Waals surface area (Å²) < 4.78 is 0. The smallest absolute Gasteiger partial charge is 0.308 e. The van der Waals surface area contributed by atoms with E-state index in [2.05, 4.69) is 12.2 Å². The van der Waals surface area contributed by atoms with Gasteiger partial charge >= 0.3 is 5.97 Å². The summed E-state index contributed by atoms with van der Waals surface area (Å²) in [5.74, 6) is -1.31. The first-order chi connectivity index (χ1) is 12.0. The van der Waals surface area contributed by atoms with Crippen molar-refractivity contribution >= 4 is 17.6 Å². The van der Waals surface area contributed by atoms with E-state index in [1.54, 1.807) is 6.08 Å². The Hall–Kier alpha value is -2.10. The molecule has 1 aromatic carbocycles. The molecule has 0 radical (unpaired) electrons. The molecule has 4 heteroatoms. The topological polar surface area (TPSA) is 66.4 Å². The van der Waals surface area contributed by atoms with Crippen molar-refractivity contribution in [2.24, 2.45) is 0 Å². The van der Waals surface area contributed by atoms with Crippen molar-refractivity contribution < 1.29 is 14.7 Å². The number of carboxylic acid groups (broad SMARTS) is 1. The van der Waals surface area contributed by atoms with Crippen LogP contribution in [-0.4, -0.2) is 17.0 Å². The number of carbonyl (C=O) groups excluding carboxylic acids is 1. The second kappa shape index (κ2) is 12.3. The number of amides is 1. The number of unbranched alkanes of at least 4 members (excludes halogenated alkanes) is 7. The molecule has 0 saturated heterocycles. The molecule has 1 rings (SSSR count). The van der Waals surface area contributed by atoms with Gasteiger partial charge in [-0.1, -0.05) is 69.2 Å². The standard InChI is InChI=1S/C21H31NO3/c1-3-4-5-6-7-8-9-10-11-18(16-20(23)24)21(25)22-19-14-12-17(2)13-15-19/h11-15H,3-10,16H2,1-2H3,(H,22,25)(H,23,24)/b18-11+. The number of aryl methyl sites for hydroxylation is 1. The molecular formula is C21H31NO3. The zero-order valence-corrected chi connectivity index (χ0v) is 15.5. The molecule has 1 amide bonds. The highest BCUT2D eigenvalue weighted by Crippen LogP contribution is 2.14. The lowest BCUT2D eigenvalue weighted by atomic mass is 10.1. The van der Waals surface area contributed by atoms with E-state index in [0.29, 0.717) is 11.3 Å². The molecule has 0 aromatic heterocycles. The molecule has 1 aromatic rings. The van der Waals surface area contributed by atoms with E-state index in [0.717, 1.165) is 24.8 Å². The number of aliphatic carboxylic acids is 1. The molecule has 0 aliphatic carbocycles. The number of allylic oxidation sites excluding steroid dienone is 1. The SMILES string of the molecule is CCCCCCCCC/C=C(\CC(=O)O)C(=O)Nc1ccc(C)cc1. The predicted octanol–water partition coefficient (Wildman–Crippen LogP) is 5.48. The van der Waals surface area contributed by atoms with Crippen LogP contribution >= 0.6 is 0 Å². The van der Waals surface area contributed by atoms with E-state index in [1.807, 2.05) is 31.2 Å². The number of carboxylic acids is 1. The molecule has 0 bridgehead atoms. The van der Waals surface area contributed by atoms with Gasteiger partial charge in [-0.15, -0.1) is 0 Å². The second-order valence-corrected chi connectivity index (χ2v) is 6.53. The monoisotopic (exact) mass is 345 g/mol. The van der Waals surface area contributed by atoms with Gasteiger partial charge in [-0.25, -0.2) is 0 Å². The number of carbonyl (C=O) groups is 2. The van der Waals surface area contributed by atoms with Crippen LogP contribution in [0.1, 0.15) is 70.3 Å². The highest BCUT2D eigenvalue weighted by atomic mass is 16.4. The lowest BCUT2D eigenvalue weighted by molar-refractivity contribution is -0.136. The average molecular weight is 345 g/mol. The third-order valence-corrected chi connectivity index (χ3v) is 4.14. The predicted molar refractivity (Wildman–Crippen MR) is 103 cm³/mol. The first-order valence-electron chi connectivity index (χ1n) is 9.31. The van der Waals surface area contributed by atoms with Gasteiger partial charge in [-0.3, -0.25) is 9.59 Å². The van der Waals surface area contributed by atoms with Crippen molar-refractivity contribution in [3.63, 3.8) is 0 Å². The van der Waals surface area contributed by atoms with Crippen molar-refractivity contribution in [3.8, 4) is 0 Å². The molecule has 138 valence electrons. The van der Waals surface area contributed by atoms with Crippen molar-refractivity contribution in [1.29, 1.82) is 0 Å². The Labute approximate surface area is 151 Å². The van der Waals surface area contributed by atoms with Gasteiger partial charge < -0.3 is 10.4 Å². The average Bonchev–Trinajstić information content (AvgIpc) is 2.58. The summed E-state index contributed by atoms with van der Waals surface area (Å²) in [6.45, 7) is 4.18. The van der Waals surface area contributed by atoms with Crippen LogP contribution in [0.4, 0.5) is 5.69 Å². The third kappa shape index (κ3) is 9.70. The molecule has 4 nitrogen and oxygen atoms in total. The molecule has 0 heterocycles. The van der Waals surface area contributed by atoms with E-state index in [4.69, 9.17) is 5.11 Å². The quantitative estimate of drug-likeness (QED) is 0.389. The summed E-state index contributed by atoms with van der Waals surface area (Å²) in [5.41, 5.74) is 2.13. The lowest BCUT2D eigenvalue weighted by Gasteiger charge is -2.08. The molecule has 0 atom stereocenters. The van der Waals surface area contributed by atoms with Gasteiger partial charge in [-0.2, -0.15) is 0 Å². The van der Waals surface area contributed by atoms with Gasteiger partial charge in [-0.05, 0) is 31.9 Å². The van der Waals surface area contributed by atoms with Crippen LogP contribution in [-0.2, 0) is 9.59 Å². The van der Waals surface area contributed by atoms with Crippen molar-refractivity contribution in [2.45, 2.75) is 71.6 Å². The Morgan fingerprint density at radius 3 is 2.20 bits per heavy atom. The zero-order chi connectivity index (χ0) is 18.5. The summed E-state index contributed by atoms with van der Waals surface area (Å²) in [7, 11) is 0. The summed E-state index contributed by atoms with van der Waals surface area (Å²) in [4.78, 5) is 23.4. The van der Waals surface area contributed by atoms with Gasteiger partial charge in [0.2, 0.25) is 0 Å². The molecular weight excluding hydrogens is 314 g/mol. The maximum Gasteiger partial charge on any atom is 0.308 e. The van der Waals surface area contributed by atoms with Gasteiger partial charge in [0.25, 0.3) is 5.91 Å². The molecule has 0 saturated carbocycles. The highest BCUT2D eigenvalue weighted by molar-refractivity contribution is 6.06. The summed E-state index contributed by atoms with van der Waals surface area (Å²) in [6, 6.07) is 7.47. The van der Waals surface area contributed by atoms with Crippen LogP contribution in [0.15, 0.2) is 35.9 Å². The summed E-state index contributed by atoms with van der Waals surface area (Å²) >= 11 is 0. The van der Waals surface area contributed by atoms with Crippen LogP contribution in [0.2, 0.25) is 0 Å². The highest BCUT2D eigenvalue weighted by Gasteiger charge is 2.13. The number of nitrogens with one attached hydrogen (secondary N) is 1. The first-order valence-corrected chi connectivity index (χ1v) is 9.31. The Kier molecular flexibility index (Phi) is 10.3. The van der Waals surface area contributed by atoms with Crippen LogP contribution in [0.25, 0.3) is 0 Å². The first kappa shape index (κ1) is 20.9. The fourth-order valence-corrected chi connectivity index (χ4v) is 2.63. The normalized spacial score (nSPS) is 11.4. The molecule has 0 aliphatic rings. The maximum absolute atomic E-state index is 12.3. The number of hydrogen-bond acceptors (Lipinski definition) is 2. The van der Waals surface area contributed by atoms with Crippen molar-refractivity contribution in [1.82, 2.24) is 0 Å². The van der Waals surface area contributed by atoms with E-state index in [-0.39, 0.29) is 12.3 Å². The van der Waals surface area contributed by atoms with E-state index in [9.17, 15) is 9.59 Å². The zero-order valence-electron chi connectivity index (χ0n) is 15.5. The van der Waals surface area contributed by atoms with Crippen molar-refractivity contribution in [2.75, 3.05) is 5.32 Å². The number of benzene rings is 1. The van der Waals surface area contributed by atoms with Gasteiger partial charge in [0.1, 0.15) is 0 Å². The van der Waals surface area contributed by atoms with E-state index < -0.39 is 5.97 Å². The summed E-state index contributed by atoms with van der Waals surface area (Å²) in [6.07, 6.45) is 10.7. The second-order valence-electron chi connectivity index (χ2n) is 6.53. The maximum atomic E-state index is 12.3. The van der Waals surface area contributed by atoms with E-state index >= 15 is 0 Å². The van der Waals surface area contributed by atoms with Crippen LogP contribution in [0, 0.1) is 6.92 Å². The van der Waals surface area contributed by atoms with E-state index in [1.165, 1.54) is 32.1 Å². The van der Waals surface area contributed by atoms with Gasteiger partial charge in [0, 0.05) is 11.3 Å². The fraction of sp³-hybridized carbons (Fsp3) is 0.524. The van der Waals surface area contributed by atoms with Crippen molar-refractivity contribution in [3.05, 3.63) is 41.5 Å². The molecule has 2 N–H and O–H groups in total. The van der Waals surface area contributed by atoms with Crippen LogP contribution < -0.4 is 5.32 Å². The number of hydrogen-bond donors (Lipinski definition) is 2. The summed E-state index contributed by atoms with van der Waals surface area (Å²) in [5, 5.41) is 11.8. The third-order valence-electron chi connectivity index (χ3n) is 4.14. The molecule has 0 unspecified atom stereocenters. The Balaban J connectivity index is 2.47. The fourth-order valence-electron chi connectivity index (χ4n) is 2.63. The largest absolute Gasteiger partial charge is 0.481 e. The number of rotatable bonds is 12. The number of anilines is 1. The van der Waals surface area contributed by atoms with Gasteiger partial charge in [0.05, 0.1) is 6.42 Å². The van der Waals surface area contributed by atoms with Crippen LogP contribution in [0.3, 0.4) is 0 Å². The van der Waals surface area contributed by atoms with Crippen LogP contribution in [0.5, 0.6) is 0 Å². The Morgan fingerprint density at radius 1 is 1.00 bits per heavy atom. The Morgan fingerprint density at radius 2 is 1.60 bits per heavy atom. The molecule has 0 fully saturated rings. The Bertz CT molecular complexity index is 561. The lowest BCUT2D eigenvalue weighted by Crippen LogP contribution is -2.17. The minimum Gasteiger partial charge on any atom is -0.481 e. The molecule has 0 aliphatic heterocycles. The minimum absolute atomic E-state index is 0.242.